The van der Waals surface area contributed by atoms with Crippen LogP contribution in [0.3, 0.4) is 0 Å². The van der Waals surface area contributed by atoms with Crippen LogP contribution in [0.1, 0.15) is 44.9 Å². The molecule has 0 bridgehead atoms. The minimum absolute atomic E-state index is 0.175. The van der Waals surface area contributed by atoms with Crippen molar-refractivity contribution >= 4 is 35.5 Å². The van der Waals surface area contributed by atoms with Crippen molar-refractivity contribution in [2.45, 2.75) is 69.1 Å². The second kappa shape index (κ2) is 11.4. The van der Waals surface area contributed by atoms with Gasteiger partial charge in [-0.25, -0.2) is 4.79 Å². The molecule has 0 aromatic carbocycles. The predicted octanol–water partition coefficient (Wildman–Crippen LogP) is -3.08. The first-order valence-electron chi connectivity index (χ1n) is 10.5. The van der Waals surface area contributed by atoms with Crippen molar-refractivity contribution in [2.75, 3.05) is 13.1 Å². The smallest absolute Gasteiger partial charge is 0.326 e. The summed E-state index contributed by atoms with van der Waals surface area (Å²) in [4.78, 5) is 73.4. The zero-order valence-corrected chi connectivity index (χ0v) is 17.7. The first-order valence-corrected chi connectivity index (χ1v) is 10.5. The van der Waals surface area contributed by atoms with Crippen LogP contribution in [-0.4, -0.2) is 82.8 Å². The molecule has 2 rings (SSSR count). The molecule has 4 atom stereocenters. The number of carboxylic acid groups (broad SMARTS) is 1. The fourth-order valence-electron chi connectivity index (χ4n) is 3.90. The SMILES string of the molecule is NC(=O)CCC(NC(=O)C1CCCN1C(=O)C1CCCN1)C(=O)NC(CC(N)=O)C(=O)O. The Morgan fingerprint density at radius 1 is 1.00 bits per heavy atom. The average molecular weight is 454 g/mol. The van der Waals surface area contributed by atoms with Crippen molar-refractivity contribution in [1.29, 1.82) is 0 Å². The number of nitrogens with one attached hydrogen (secondary N) is 3. The van der Waals surface area contributed by atoms with E-state index in [4.69, 9.17) is 11.5 Å². The summed E-state index contributed by atoms with van der Waals surface area (Å²) in [7, 11) is 0. The van der Waals surface area contributed by atoms with Crippen LogP contribution in [0.5, 0.6) is 0 Å². The third kappa shape index (κ3) is 6.90. The molecule has 0 aliphatic carbocycles. The van der Waals surface area contributed by atoms with E-state index in [1.54, 1.807) is 0 Å². The Bertz CT molecular complexity index is 767. The Morgan fingerprint density at radius 2 is 1.72 bits per heavy atom. The Kier molecular flexibility index (Phi) is 8.93. The highest BCUT2D eigenvalue weighted by molar-refractivity contribution is 5.95. The fourth-order valence-corrected chi connectivity index (χ4v) is 3.90. The number of amides is 5. The van der Waals surface area contributed by atoms with Gasteiger partial charge in [0, 0.05) is 13.0 Å². The van der Waals surface area contributed by atoms with Crippen LogP contribution in [0, 0.1) is 0 Å². The number of nitrogens with zero attached hydrogens (tertiary/aromatic N) is 1. The van der Waals surface area contributed by atoms with E-state index < -0.39 is 54.1 Å². The number of hydrogen-bond donors (Lipinski definition) is 6. The Balaban J connectivity index is 2.08. The van der Waals surface area contributed by atoms with E-state index in [0.717, 1.165) is 13.0 Å². The highest BCUT2D eigenvalue weighted by atomic mass is 16.4. The van der Waals surface area contributed by atoms with Crippen molar-refractivity contribution < 1.29 is 33.9 Å². The van der Waals surface area contributed by atoms with Crippen molar-refractivity contribution in [3.05, 3.63) is 0 Å². The van der Waals surface area contributed by atoms with Crippen LogP contribution in [0.4, 0.5) is 0 Å². The maximum atomic E-state index is 12.9. The lowest BCUT2D eigenvalue weighted by Gasteiger charge is -2.28. The molecule has 4 unspecified atom stereocenters. The summed E-state index contributed by atoms with van der Waals surface area (Å²) in [6.07, 6.45) is 1.52. The Labute approximate surface area is 184 Å². The quantitative estimate of drug-likeness (QED) is 0.188. The van der Waals surface area contributed by atoms with Gasteiger partial charge in [-0.3, -0.25) is 24.0 Å². The normalized spacial score (nSPS) is 22.1. The summed E-state index contributed by atoms with van der Waals surface area (Å²) in [6, 6.07) is -4.00. The van der Waals surface area contributed by atoms with Crippen molar-refractivity contribution in [1.82, 2.24) is 20.9 Å². The zero-order valence-electron chi connectivity index (χ0n) is 17.7. The van der Waals surface area contributed by atoms with E-state index in [1.165, 1.54) is 4.90 Å². The number of hydrogen-bond acceptors (Lipinski definition) is 7. The summed E-state index contributed by atoms with van der Waals surface area (Å²) in [6.45, 7) is 1.14. The summed E-state index contributed by atoms with van der Waals surface area (Å²) >= 11 is 0. The first-order chi connectivity index (χ1) is 15.1. The topological polar surface area (TPSA) is 214 Å². The van der Waals surface area contributed by atoms with Crippen molar-refractivity contribution in [2.24, 2.45) is 11.5 Å². The molecular formula is C19H30N6O7. The number of likely N-dealkylation sites (tertiary alicyclic amines) is 1. The first kappa shape index (κ1) is 25.0. The molecule has 32 heavy (non-hydrogen) atoms. The molecule has 5 amide bonds. The molecule has 0 radical (unpaired) electrons. The molecule has 2 aliphatic heterocycles. The standard InChI is InChI=1S/C19H30N6O7/c20-14(26)6-5-10(16(28)24-12(19(31)32)9-15(21)27)23-17(29)13-4-2-8-25(13)18(30)11-3-1-7-22-11/h10-13,22H,1-9H2,(H2,20,26)(H2,21,27)(H,23,29)(H,24,28)(H,31,32). The van der Waals surface area contributed by atoms with Crippen molar-refractivity contribution in [3.8, 4) is 0 Å². The van der Waals surface area contributed by atoms with Gasteiger partial charge in [0.25, 0.3) is 0 Å². The average Bonchev–Trinajstić information content (AvgIpc) is 3.41. The van der Waals surface area contributed by atoms with Gasteiger partial charge in [0.1, 0.15) is 18.1 Å². The van der Waals surface area contributed by atoms with Gasteiger partial charge in [-0.1, -0.05) is 0 Å². The molecule has 13 nitrogen and oxygen atoms in total. The molecule has 178 valence electrons. The second-order valence-corrected chi connectivity index (χ2v) is 7.97. The molecule has 8 N–H and O–H groups in total. The lowest BCUT2D eigenvalue weighted by Crippen LogP contribution is -2.57. The number of carbonyl (C=O) groups excluding carboxylic acids is 5. The van der Waals surface area contributed by atoms with Crippen LogP contribution >= 0.6 is 0 Å². The molecule has 2 heterocycles. The lowest BCUT2D eigenvalue weighted by atomic mass is 10.1. The third-order valence-electron chi connectivity index (χ3n) is 5.53. The maximum Gasteiger partial charge on any atom is 0.326 e. The molecule has 0 aromatic heterocycles. The Morgan fingerprint density at radius 3 is 2.28 bits per heavy atom. The van der Waals surface area contributed by atoms with Crippen LogP contribution < -0.4 is 27.4 Å². The summed E-state index contributed by atoms with van der Waals surface area (Å²) in [5.41, 5.74) is 10.2. The van der Waals surface area contributed by atoms with Gasteiger partial charge in [-0.05, 0) is 38.6 Å². The molecule has 2 fully saturated rings. The van der Waals surface area contributed by atoms with E-state index >= 15 is 0 Å². The van der Waals surface area contributed by atoms with E-state index in [9.17, 15) is 33.9 Å². The Hall–Kier alpha value is -3.22. The number of carboxylic acids is 1. The third-order valence-corrected chi connectivity index (χ3v) is 5.53. The van der Waals surface area contributed by atoms with Gasteiger partial charge in [-0.15, -0.1) is 0 Å². The van der Waals surface area contributed by atoms with E-state index in [-0.39, 0.29) is 24.8 Å². The summed E-state index contributed by atoms with van der Waals surface area (Å²) in [5, 5.41) is 16.9. The summed E-state index contributed by atoms with van der Waals surface area (Å²) < 4.78 is 0. The zero-order chi connectivity index (χ0) is 23.8. The van der Waals surface area contributed by atoms with Crippen LogP contribution in [0.25, 0.3) is 0 Å². The van der Waals surface area contributed by atoms with E-state index in [1.807, 2.05) is 0 Å². The van der Waals surface area contributed by atoms with Crippen LogP contribution in [-0.2, 0) is 28.8 Å². The van der Waals surface area contributed by atoms with Crippen LogP contribution in [0.15, 0.2) is 0 Å². The minimum Gasteiger partial charge on any atom is -0.480 e. The van der Waals surface area contributed by atoms with Gasteiger partial charge in [0.2, 0.25) is 29.5 Å². The largest absolute Gasteiger partial charge is 0.480 e. The van der Waals surface area contributed by atoms with Gasteiger partial charge in [0.15, 0.2) is 0 Å². The molecule has 0 spiro atoms. The number of primary amides is 2. The van der Waals surface area contributed by atoms with Gasteiger partial charge >= 0.3 is 5.97 Å². The monoisotopic (exact) mass is 454 g/mol. The number of rotatable bonds is 11. The lowest BCUT2D eigenvalue weighted by molar-refractivity contribution is -0.144. The molecular weight excluding hydrogens is 424 g/mol. The van der Waals surface area contributed by atoms with E-state index in [0.29, 0.717) is 25.8 Å². The number of nitrogens with two attached hydrogens (primary N) is 2. The minimum atomic E-state index is -1.59. The molecule has 0 aromatic rings. The highest BCUT2D eigenvalue weighted by Gasteiger charge is 2.39. The predicted molar refractivity (Wildman–Crippen MR) is 109 cm³/mol. The van der Waals surface area contributed by atoms with E-state index in [2.05, 4.69) is 16.0 Å². The number of aliphatic carboxylic acids is 1. The molecule has 2 saturated heterocycles. The highest BCUT2D eigenvalue weighted by Crippen LogP contribution is 2.21. The second-order valence-electron chi connectivity index (χ2n) is 7.97. The summed E-state index contributed by atoms with van der Waals surface area (Å²) in [5.74, 6) is -4.79. The molecule has 13 heteroatoms. The maximum absolute atomic E-state index is 12.9. The molecule has 2 aliphatic rings. The van der Waals surface area contributed by atoms with Crippen LogP contribution in [0.2, 0.25) is 0 Å². The van der Waals surface area contributed by atoms with Gasteiger partial charge in [-0.2, -0.15) is 0 Å². The van der Waals surface area contributed by atoms with Gasteiger partial charge < -0.3 is 37.4 Å². The van der Waals surface area contributed by atoms with Crippen molar-refractivity contribution in [3.63, 3.8) is 0 Å². The number of carbonyl (C=O) groups is 6. The molecule has 0 saturated carbocycles. The van der Waals surface area contributed by atoms with Gasteiger partial charge in [0.05, 0.1) is 12.5 Å². The fraction of sp³-hybridized carbons (Fsp3) is 0.684.